The van der Waals surface area contributed by atoms with Crippen molar-refractivity contribution in [3.63, 3.8) is 0 Å². The maximum absolute atomic E-state index is 10.8. The van der Waals surface area contributed by atoms with Crippen molar-refractivity contribution in [2.24, 2.45) is 0 Å². The number of carboxylic acid groups (broad SMARTS) is 1. The summed E-state index contributed by atoms with van der Waals surface area (Å²) in [6, 6.07) is 1.97. The molecule has 3 heteroatoms. The second-order valence-corrected chi connectivity index (χ2v) is 4.42. The number of benzene rings is 1. The number of carboxylic acids is 1. The normalized spacial score (nSPS) is 11.5. The Morgan fingerprint density at radius 1 is 1.33 bits per heavy atom. The molecule has 1 aromatic rings. The molecule has 0 fully saturated rings. The van der Waals surface area contributed by atoms with Gasteiger partial charge in [0.1, 0.15) is 5.75 Å². The van der Waals surface area contributed by atoms with E-state index >= 15 is 0 Å². The number of hydrogen-bond acceptors (Lipinski definition) is 2. The van der Waals surface area contributed by atoms with Gasteiger partial charge in [-0.1, -0.05) is 0 Å². The number of ether oxygens (including phenoxy) is 1. The number of carbonyl (C=O) groups is 1. The van der Waals surface area contributed by atoms with Crippen molar-refractivity contribution in [3.8, 4) is 5.75 Å². The van der Waals surface area contributed by atoms with E-state index in [2.05, 4.69) is 0 Å². The van der Waals surface area contributed by atoms with E-state index in [4.69, 9.17) is 9.84 Å². The Morgan fingerprint density at radius 2 is 1.94 bits per heavy atom. The van der Waals surface area contributed by atoms with Crippen LogP contribution in [0.4, 0.5) is 0 Å². The molecule has 0 heterocycles. The Labute approximate surface area is 108 Å². The second kappa shape index (κ2) is 5.71. The van der Waals surface area contributed by atoms with Crippen molar-refractivity contribution >= 4 is 11.5 Å². The Bertz CT molecular complexity index is 499. The van der Waals surface area contributed by atoms with Crippen LogP contribution in [0.15, 0.2) is 12.1 Å². The zero-order chi connectivity index (χ0) is 13.9. The highest BCUT2D eigenvalue weighted by Crippen LogP contribution is 2.31. The summed E-state index contributed by atoms with van der Waals surface area (Å²) in [6.45, 7) is 10.4. The minimum Gasteiger partial charge on any atom is -0.494 e. The van der Waals surface area contributed by atoms with Gasteiger partial charge in [0.25, 0.3) is 0 Å². The quantitative estimate of drug-likeness (QED) is 0.829. The van der Waals surface area contributed by atoms with Crippen LogP contribution in [0.5, 0.6) is 5.75 Å². The smallest absolute Gasteiger partial charge is 0.328 e. The lowest BCUT2D eigenvalue weighted by molar-refractivity contribution is -0.131. The third-order valence-electron chi connectivity index (χ3n) is 3.08. The van der Waals surface area contributed by atoms with E-state index < -0.39 is 5.97 Å². The van der Waals surface area contributed by atoms with Gasteiger partial charge < -0.3 is 9.84 Å². The number of aryl methyl sites for hydroxylation is 1. The first kappa shape index (κ1) is 14.3. The Morgan fingerprint density at radius 3 is 2.44 bits per heavy atom. The summed E-state index contributed by atoms with van der Waals surface area (Å²) in [5.41, 5.74) is 4.95. The van der Waals surface area contributed by atoms with Crippen molar-refractivity contribution in [2.45, 2.75) is 34.6 Å². The molecule has 0 saturated carbocycles. The topological polar surface area (TPSA) is 46.5 Å². The van der Waals surface area contributed by atoms with Gasteiger partial charge in [-0.3, -0.25) is 0 Å². The van der Waals surface area contributed by atoms with E-state index in [0.717, 1.165) is 33.6 Å². The van der Waals surface area contributed by atoms with Crippen molar-refractivity contribution in [1.29, 1.82) is 0 Å². The molecule has 98 valence electrons. The standard InChI is InChI=1S/C15H20O3/c1-6-18-13-7-9(2)15(12(5)11(13)4)10(3)8-14(16)17/h7-8H,6H2,1-5H3,(H,16,17)/b10-8+. The molecule has 0 bridgehead atoms. The molecule has 0 aliphatic heterocycles. The van der Waals surface area contributed by atoms with Crippen LogP contribution in [0, 0.1) is 20.8 Å². The highest BCUT2D eigenvalue weighted by molar-refractivity contribution is 5.90. The number of allylic oxidation sites excluding steroid dienone is 1. The summed E-state index contributed by atoms with van der Waals surface area (Å²) in [5, 5.41) is 8.83. The molecular weight excluding hydrogens is 228 g/mol. The van der Waals surface area contributed by atoms with E-state index in [1.54, 1.807) is 0 Å². The fourth-order valence-electron chi connectivity index (χ4n) is 2.21. The second-order valence-electron chi connectivity index (χ2n) is 4.42. The molecule has 1 rings (SSSR count). The van der Waals surface area contributed by atoms with Crippen molar-refractivity contribution in [3.05, 3.63) is 34.4 Å². The minimum atomic E-state index is -0.919. The zero-order valence-corrected chi connectivity index (χ0v) is 11.6. The molecule has 0 aromatic heterocycles. The van der Waals surface area contributed by atoms with Crippen LogP contribution in [0.25, 0.3) is 5.57 Å². The highest BCUT2D eigenvalue weighted by atomic mass is 16.5. The SMILES string of the molecule is CCOc1cc(C)c(/C(C)=C/C(=O)O)c(C)c1C. The summed E-state index contributed by atoms with van der Waals surface area (Å²) in [5.74, 6) is -0.0442. The number of aliphatic carboxylic acids is 1. The zero-order valence-electron chi connectivity index (χ0n) is 11.6. The summed E-state index contributed by atoms with van der Waals surface area (Å²) < 4.78 is 5.58. The monoisotopic (exact) mass is 248 g/mol. The molecule has 18 heavy (non-hydrogen) atoms. The lowest BCUT2D eigenvalue weighted by Gasteiger charge is -2.17. The molecule has 0 radical (unpaired) electrons. The third-order valence-corrected chi connectivity index (χ3v) is 3.08. The summed E-state index contributed by atoms with van der Waals surface area (Å²) in [6.07, 6.45) is 1.25. The molecule has 1 aromatic carbocycles. The number of rotatable bonds is 4. The fourth-order valence-corrected chi connectivity index (χ4v) is 2.21. The van der Waals surface area contributed by atoms with Crippen LogP contribution < -0.4 is 4.74 Å². The molecule has 0 aliphatic rings. The average molecular weight is 248 g/mol. The van der Waals surface area contributed by atoms with E-state index in [1.807, 2.05) is 40.7 Å². The van der Waals surface area contributed by atoms with Gasteiger partial charge in [-0.05, 0) is 68.5 Å². The third kappa shape index (κ3) is 2.92. The summed E-state index contributed by atoms with van der Waals surface area (Å²) in [4.78, 5) is 10.8. The average Bonchev–Trinajstić information content (AvgIpc) is 2.24. The van der Waals surface area contributed by atoms with Crippen LogP contribution in [-0.2, 0) is 4.79 Å². The molecule has 1 N–H and O–H groups in total. The first-order valence-electron chi connectivity index (χ1n) is 6.03. The van der Waals surface area contributed by atoms with Crippen molar-refractivity contribution < 1.29 is 14.6 Å². The van der Waals surface area contributed by atoms with E-state index in [9.17, 15) is 4.79 Å². The van der Waals surface area contributed by atoms with Gasteiger partial charge in [0.2, 0.25) is 0 Å². The molecule has 0 spiro atoms. The van der Waals surface area contributed by atoms with E-state index in [1.165, 1.54) is 6.08 Å². The van der Waals surface area contributed by atoms with Crippen molar-refractivity contribution in [1.82, 2.24) is 0 Å². The van der Waals surface area contributed by atoms with Crippen LogP contribution in [0.3, 0.4) is 0 Å². The predicted molar refractivity (Wildman–Crippen MR) is 73.1 cm³/mol. The lowest BCUT2D eigenvalue weighted by Crippen LogP contribution is -2.01. The van der Waals surface area contributed by atoms with Gasteiger partial charge in [-0.2, -0.15) is 0 Å². The van der Waals surface area contributed by atoms with Gasteiger partial charge in [-0.15, -0.1) is 0 Å². The van der Waals surface area contributed by atoms with E-state index in [-0.39, 0.29) is 0 Å². The maximum Gasteiger partial charge on any atom is 0.328 e. The molecule has 0 unspecified atom stereocenters. The van der Waals surface area contributed by atoms with Crippen LogP contribution >= 0.6 is 0 Å². The molecule has 0 amide bonds. The maximum atomic E-state index is 10.8. The fraction of sp³-hybridized carbons (Fsp3) is 0.400. The summed E-state index contributed by atoms with van der Waals surface area (Å²) in [7, 11) is 0. The Kier molecular flexibility index (Phi) is 4.54. The van der Waals surface area contributed by atoms with Crippen LogP contribution in [0.2, 0.25) is 0 Å². The van der Waals surface area contributed by atoms with Gasteiger partial charge >= 0.3 is 5.97 Å². The van der Waals surface area contributed by atoms with Crippen molar-refractivity contribution in [2.75, 3.05) is 6.61 Å². The molecule has 0 saturated heterocycles. The van der Waals surface area contributed by atoms with Gasteiger partial charge in [0.15, 0.2) is 0 Å². The largest absolute Gasteiger partial charge is 0.494 e. The van der Waals surface area contributed by atoms with Gasteiger partial charge in [-0.25, -0.2) is 4.79 Å². The highest BCUT2D eigenvalue weighted by Gasteiger charge is 2.12. The van der Waals surface area contributed by atoms with Crippen LogP contribution in [-0.4, -0.2) is 17.7 Å². The predicted octanol–water partition coefficient (Wildman–Crippen LogP) is 3.50. The first-order chi connectivity index (χ1) is 8.38. The molecule has 0 aliphatic carbocycles. The first-order valence-corrected chi connectivity index (χ1v) is 6.03. The minimum absolute atomic E-state index is 0.628. The number of hydrogen-bond donors (Lipinski definition) is 1. The van der Waals surface area contributed by atoms with Gasteiger partial charge in [0, 0.05) is 6.08 Å². The van der Waals surface area contributed by atoms with Gasteiger partial charge in [0.05, 0.1) is 6.61 Å². The molecule has 0 atom stereocenters. The van der Waals surface area contributed by atoms with E-state index in [0.29, 0.717) is 6.61 Å². The molecule has 3 nitrogen and oxygen atoms in total. The van der Waals surface area contributed by atoms with Crippen LogP contribution in [0.1, 0.15) is 36.1 Å². The molecular formula is C15H20O3. The lowest BCUT2D eigenvalue weighted by atomic mass is 9.92. The Hall–Kier alpha value is -1.77. The Balaban J connectivity index is 3.39. The summed E-state index contributed by atoms with van der Waals surface area (Å²) >= 11 is 0.